The van der Waals surface area contributed by atoms with Crippen molar-refractivity contribution in [1.82, 2.24) is 10.2 Å². The number of benzene rings is 3. The Balaban J connectivity index is 0.000000559. The van der Waals surface area contributed by atoms with Gasteiger partial charge in [0.15, 0.2) is 0 Å². The number of rotatable bonds is 9. The molecule has 2 unspecified atom stereocenters. The summed E-state index contributed by atoms with van der Waals surface area (Å²) < 4.78 is 5.79. The van der Waals surface area contributed by atoms with Gasteiger partial charge in [0.2, 0.25) is 0 Å². The van der Waals surface area contributed by atoms with Gasteiger partial charge in [-0.3, -0.25) is 10.2 Å². The van der Waals surface area contributed by atoms with E-state index in [4.69, 9.17) is 15.6 Å². The van der Waals surface area contributed by atoms with Crippen LogP contribution < -0.4 is 15.0 Å². The van der Waals surface area contributed by atoms with E-state index in [-0.39, 0.29) is 24.0 Å². The molecular formula is C37H53N5O6. The number of carbonyl (C=O) groups excluding carboxylic acids is 2. The van der Waals surface area contributed by atoms with Crippen LogP contribution >= 0.6 is 0 Å². The van der Waals surface area contributed by atoms with Crippen molar-refractivity contribution in [2.45, 2.75) is 58.2 Å². The molecule has 1 saturated heterocycles. The summed E-state index contributed by atoms with van der Waals surface area (Å²) in [5, 5.41) is 46.6. The van der Waals surface area contributed by atoms with Crippen LogP contribution in [0.4, 0.5) is 5.69 Å². The minimum Gasteiger partial charge on any atom is -0.508 e. The molecule has 0 amide bonds. The number of amidine groups is 1. The molecule has 11 heteroatoms. The minimum absolute atomic E-state index is 0.0179. The van der Waals surface area contributed by atoms with E-state index in [0.717, 1.165) is 31.2 Å². The molecule has 3 aromatic rings. The SMILES string of the molecule is C=N.CC(C)c1cc(C(=N)N(CC=O)c2ccc(Oc3ccc(C=O)cc3)cc2)ccc1O.CCNC.CN1CCC(C)(O)C(C)(O)C1. The lowest BCUT2D eigenvalue weighted by Crippen LogP contribution is -2.61. The van der Waals surface area contributed by atoms with Crippen molar-refractivity contribution >= 4 is 30.8 Å². The van der Waals surface area contributed by atoms with E-state index in [2.05, 4.69) is 19.0 Å². The number of phenolic OH excluding ortho intramolecular Hbond substituents is 1. The molecule has 0 radical (unpaired) electrons. The third-order valence-electron chi connectivity index (χ3n) is 7.92. The number of hydrogen-bond donors (Lipinski definition) is 6. The Labute approximate surface area is 285 Å². The van der Waals surface area contributed by atoms with Gasteiger partial charge in [-0.25, -0.2) is 0 Å². The lowest BCUT2D eigenvalue weighted by molar-refractivity contribution is -0.166. The van der Waals surface area contributed by atoms with Gasteiger partial charge in [0.1, 0.15) is 41.3 Å². The molecule has 262 valence electrons. The molecule has 0 spiro atoms. The summed E-state index contributed by atoms with van der Waals surface area (Å²) in [6.07, 6.45) is 2.15. The fourth-order valence-electron chi connectivity index (χ4n) is 4.62. The third kappa shape index (κ3) is 12.3. The fourth-order valence-corrected chi connectivity index (χ4v) is 4.62. The Morgan fingerprint density at radius 1 is 1.02 bits per heavy atom. The fraction of sp³-hybridized carbons (Fsp3) is 0.405. The maximum atomic E-state index is 11.3. The van der Waals surface area contributed by atoms with Crippen LogP contribution in [0.2, 0.25) is 0 Å². The van der Waals surface area contributed by atoms with Crippen molar-refractivity contribution in [2.75, 3.05) is 45.2 Å². The summed E-state index contributed by atoms with van der Waals surface area (Å²) in [4.78, 5) is 25.7. The molecule has 0 saturated carbocycles. The van der Waals surface area contributed by atoms with Crippen molar-refractivity contribution in [3.63, 3.8) is 0 Å². The van der Waals surface area contributed by atoms with Gasteiger partial charge in [-0.2, -0.15) is 0 Å². The molecule has 1 aliphatic heterocycles. The average Bonchev–Trinajstić information content (AvgIpc) is 3.07. The Kier molecular flexibility index (Phi) is 17.4. The first kappa shape index (κ1) is 41.6. The predicted molar refractivity (Wildman–Crippen MR) is 194 cm³/mol. The number of nitrogens with one attached hydrogen (secondary N) is 3. The quantitative estimate of drug-likeness (QED) is 0.0988. The van der Waals surface area contributed by atoms with Gasteiger partial charge in [0.05, 0.1) is 12.1 Å². The molecule has 1 fully saturated rings. The van der Waals surface area contributed by atoms with Crippen LogP contribution in [0.5, 0.6) is 17.2 Å². The van der Waals surface area contributed by atoms with Crippen LogP contribution in [0.1, 0.15) is 68.4 Å². The number of hydrogen-bond acceptors (Lipinski definition) is 10. The van der Waals surface area contributed by atoms with Gasteiger partial charge in [-0.1, -0.05) is 20.8 Å². The highest BCUT2D eigenvalue weighted by Crippen LogP contribution is 2.31. The maximum absolute atomic E-state index is 11.3. The van der Waals surface area contributed by atoms with E-state index in [1.54, 1.807) is 85.5 Å². The van der Waals surface area contributed by atoms with Gasteiger partial charge in [0, 0.05) is 29.9 Å². The van der Waals surface area contributed by atoms with E-state index in [0.29, 0.717) is 41.3 Å². The monoisotopic (exact) mass is 663 g/mol. The summed E-state index contributed by atoms with van der Waals surface area (Å²) in [6, 6.07) is 18.8. The largest absolute Gasteiger partial charge is 0.508 e. The second-order valence-corrected chi connectivity index (χ2v) is 12.1. The topological polar surface area (TPSA) is 170 Å². The lowest BCUT2D eigenvalue weighted by atomic mass is 9.80. The molecule has 6 N–H and O–H groups in total. The first-order valence-corrected chi connectivity index (χ1v) is 15.8. The molecule has 48 heavy (non-hydrogen) atoms. The predicted octanol–water partition coefficient (Wildman–Crippen LogP) is 5.47. The van der Waals surface area contributed by atoms with Crippen molar-refractivity contribution in [3.05, 3.63) is 83.4 Å². The average molecular weight is 664 g/mol. The number of aliphatic hydroxyl groups is 2. The third-order valence-corrected chi connectivity index (χ3v) is 7.92. The molecule has 0 aromatic heterocycles. The number of piperidine rings is 1. The first-order valence-electron chi connectivity index (χ1n) is 15.8. The van der Waals surface area contributed by atoms with E-state index in [9.17, 15) is 24.9 Å². The number of β-amino-alcohol motifs (C(OH)–C–C–N with tert-alkyl or cyclic N) is 1. The summed E-state index contributed by atoms with van der Waals surface area (Å²) in [5.41, 5.74) is 0.691. The highest BCUT2D eigenvalue weighted by atomic mass is 16.5. The number of aromatic hydroxyl groups is 1. The van der Waals surface area contributed by atoms with Crippen LogP contribution in [-0.2, 0) is 4.79 Å². The molecule has 1 aliphatic rings. The van der Waals surface area contributed by atoms with Gasteiger partial charge < -0.3 is 45.4 Å². The van der Waals surface area contributed by atoms with Crippen molar-refractivity contribution in [2.24, 2.45) is 0 Å². The van der Waals surface area contributed by atoms with Crippen LogP contribution in [0.3, 0.4) is 0 Å². The second-order valence-electron chi connectivity index (χ2n) is 12.1. The lowest BCUT2D eigenvalue weighted by Gasteiger charge is -2.45. The van der Waals surface area contributed by atoms with E-state index in [1.807, 2.05) is 32.8 Å². The zero-order valence-electron chi connectivity index (χ0n) is 29.3. The zero-order valence-corrected chi connectivity index (χ0v) is 29.3. The van der Waals surface area contributed by atoms with Crippen molar-refractivity contribution < 1.29 is 29.6 Å². The first-order chi connectivity index (χ1) is 22.7. The highest BCUT2D eigenvalue weighted by Gasteiger charge is 2.45. The summed E-state index contributed by atoms with van der Waals surface area (Å²) in [7, 11) is 3.88. The van der Waals surface area contributed by atoms with Gasteiger partial charge in [-0.05, 0) is 126 Å². The maximum Gasteiger partial charge on any atom is 0.150 e. The Morgan fingerprint density at radius 3 is 2.00 bits per heavy atom. The number of phenols is 1. The van der Waals surface area contributed by atoms with Crippen molar-refractivity contribution in [3.8, 4) is 17.2 Å². The van der Waals surface area contributed by atoms with Gasteiger partial charge >= 0.3 is 0 Å². The van der Waals surface area contributed by atoms with Crippen LogP contribution in [0, 0.1) is 10.8 Å². The molecule has 0 bridgehead atoms. The number of likely N-dealkylation sites (N-methyl/N-ethyl adjacent to an activating group) is 1. The van der Waals surface area contributed by atoms with E-state index in [1.165, 1.54) is 0 Å². The Bertz CT molecular complexity index is 1420. The zero-order chi connectivity index (χ0) is 36.5. The minimum atomic E-state index is -0.972. The van der Waals surface area contributed by atoms with Crippen molar-refractivity contribution in [1.29, 1.82) is 10.8 Å². The normalized spacial score (nSPS) is 18.5. The molecule has 2 atom stereocenters. The standard InChI is InChI=1S/C25H24N2O4.C8H17NO2.C3H9N.CH3N/c1-17(2)23-15-19(5-12-24(23)30)25(26)27(13-14-28)20-6-10-22(11-7-20)31-21-8-3-18(16-29)4-9-21;1-7(10)4-5-9(3)6-8(7,2)11;1-3-4-2;1-2/h3-12,14-17,26,30H,13H2,1-2H3;10-11H,4-6H2,1-3H3;4H,3H2,1-2H3;2H,1H2. The van der Waals surface area contributed by atoms with E-state index >= 15 is 0 Å². The molecule has 1 heterocycles. The Hall–Kier alpha value is -4.42. The number of nitrogens with zero attached hydrogens (tertiary/aromatic N) is 2. The summed E-state index contributed by atoms with van der Waals surface area (Å²) in [6.45, 7) is 14.4. The summed E-state index contributed by atoms with van der Waals surface area (Å²) >= 11 is 0. The molecule has 4 rings (SSSR count). The Morgan fingerprint density at radius 2 is 1.56 bits per heavy atom. The summed E-state index contributed by atoms with van der Waals surface area (Å²) in [5.74, 6) is 1.64. The second kappa shape index (κ2) is 20.1. The molecule has 3 aromatic carbocycles. The van der Waals surface area contributed by atoms with Crippen LogP contribution in [0.15, 0.2) is 66.7 Å². The van der Waals surface area contributed by atoms with Gasteiger partial charge in [-0.15, -0.1) is 0 Å². The number of ether oxygens (including phenoxy) is 1. The molecule has 0 aliphatic carbocycles. The van der Waals surface area contributed by atoms with Crippen LogP contribution in [0.25, 0.3) is 0 Å². The molecular weight excluding hydrogens is 610 g/mol. The van der Waals surface area contributed by atoms with Crippen LogP contribution in [-0.4, -0.2) is 96.8 Å². The van der Waals surface area contributed by atoms with Gasteiger partial charge in [0.25, 0.3) is 0 Å². The number of aldehydes is 2. The number of likely N-dealkylation sites (tertiary alicyclic amines) is 1. The smallest absolute Gasteiger partial charge is 0.150 e. The highest BCUT2D eigenvalue weighted by molar-refractivity contribution is 6.09. The van der Waals surface area contributed by atoms with E-state index < -0.39 is 11.2 Å². The number of anilines is 1. The number of carbonyl (C=O) groups is 2. The molecule has 11 nitrogen and oxygen atoms in total.